The monoisotopic (exact) mass is 300 g/mol. The number of nitrogen functional groups attached to an aromatic ring is 1. The summed E-state index contributed by atoms with van der Waals surface area (Å²) in [5, 5.41) is 3.55. The highest BCUT2D eigenvalue weighted by Crippen LogP contribution is 2.17. The van der Waals surface area contributed by atoms with E-state index in [1.165, 1.54) is 6.08 Å². The molecule has 0 radical (unpaired) electrons. The van der Waals surface area contributed by atoms with E-state index < -0.39 is 0 Å². The van der Waals surface area contributed by atoms with E-state index in [-0.39, 0.29) is 11.9 Å². The second kappa shape index (κ2) is 6.95. The lowest BCUT2D eigenvalue weighted by Crippen LogP contribution is -2.24. The molecule has 0 aromatic heterocycles. The molecule has 1 amide bonds. The number of carbonyl (C=O) groups is 1. The average molecular weight is 301 g/mol. The predicted octanol–water partition coefficient (Wildman–Crippen LogP) is 3.81. The molecule has 2 aromatic carbocycles. The minimum absolute atomic E-state index is 0.104. The summed E-state index contributed by atoms with van der Waals surface area (Å²) in [6, 6.07) is 14.7. The number of benzene rings is 2. The Bertz CT molecular complexity index is 650. The van der Waals surface area contributed by atoms with Gasteiger partial charge >= 0.3 is 0 Å². The molecule has 21 heavy (non-hydrogen) atoms. The van der Waals surface area contributed by atoms with E-state index in [0.29, 0.717) is 10.7 Å². The number of rotatable bonds is 4. The van der Waals surface area contributed by atoms with Gasteiger partial charge in [0.1, 0.15) is 0 Å². The number of hydrogen-bond donors (Lipinski definition) is 2. The molecular formula is C17H17ClN2O. The third-order valence-corrected chi connectivity index (χ3v) is 3.31. The average Bonchev–Trinajstić information content (AvgIpc) is 2.46. The van der Waals surface area contributed by atoms with Crippen LogP contribution in [0.3, 0.4) is 0 Å². The van der Waals surface area contributed by atoms with Gasteiger partial charge in [0.25, 0.3) is 0 Å². The van der Waals surface area contributed by atoms with Crippen molar-refractivity contribution in [2.45, 2.75) is 13.0 Å². The molecular weight excluding hydrogens is 284 g/mol. The van der Waals surface area contributed by atoms with Gasteiger partial charge in [-0.3, -0.25) is 4.79 Å². The molecule has 0 fully saturated rings. The second-order valence-electron chi connectivity index (χ2n) is 4.79. The molecule has 0 saturated heterocycles. The van der Waals surface area contributed by atoms with Gasteiger partial charge in [0, 0.05) is 16.8 Å². The van der Waals surface area contributed by atoms with Gasteiger partial charge in [-0.05, 0) is 48.4 Å². The Hall–Kier alpha value is -2.26. The van der Waals surface area contributed by atoms with Crippen LogP contribution in [0.1, 0.15) is 24.1 Å². The van der Waals surface area contributed by atoms with Gasteiger partial charge in [-0.2, -0.15) is 0 Å². The van der Waals surface area contributed by atoms with Crippen LogP contribution in [0.15, 0.2) is 54.6 Å². The highest BCUT2D eigenvalue weighted by atomic mass is 35.5. The van der Waals surface area contributed by atoms with Gasteiger partial charge in [-0.1, -0.05) is 35.9 Å². The van der Waals surface area contributed by atoms with Gasteiger partial charge in [-0.15, -0.1) is 0 Å². The number of hydrogen-bond acceptors (Lipinski definition) is 2. The first-order valence-electron chi connectivity index (χ1n) is 6.64. The van der Waals surface area contributed by atoms with Crippen LogP contribution in [-0.2, 0) is 4.79 Å². The van der Waals surface area contributed by atoms with Crippen molar-refractivity contribution in [3.05, 3.63) is 70.8 Å². The second-order valence-corrected chi connectivity index (χ2v) is 5.22. The molecule has 0 aliphatic rings. The van der Waals surface area contributed by atoms with Crippen molar-refractivity contribution in [3.63, 3.8) is 0 Å². The molecule has 0 spiro atoms. The van der Waals surface area contributed by atoms with Gasteiger partial charge in [0.05, 0.1) is 6.04 Å². The van der Waals surface area contributed by atoms with Crippen molar-refractivity contribution in [3.8, 4) is 0 Å². The number of anilines is 1. The van der Waals surface area contributed by atoms with E-state index in [9.17, 15) is 4.79 Å². The van der Waals surface area contributed by atoms with Crippen LogP contribution in [-0.4, -0.2) is 5.91 Å². The Morgan fingerprint density at radius 3 is 2.62 bits per heavy atom. The maximum atomic E-state index is 11.9. The van der Waals surface area contributed by atoms with Crippen molar-refractivity contribution >= 4 is 29.3 Å². The van der Waals surface area contributed by atoms with Crippen LogP contribution < -0.4 is 11.1 Å². The van der Waals surface area contributed by atoms with Crippen molar-refractivity contribution in [2.75, 3.05) is 5.73 Å². The molecule has 0 aliphatic heterocycles. The third-order valence-electron chi connectivity index (χ3n) is 3.07. The molecule has 0 bridgehead atoms. The molecule has 3 nitrogen and oxygen atoms in total. The van der Waals surface area contributed by atoms with Gasteiger partial charge in [0.2, 0.25) is 5.91 Å². The fourth-order valence-corrected chi connectivity index (χ4v) is 2.10. The summed E-state index contributed by atoms with van der Waals surface area (Å²) >= 11 is 5.94. The molecule has 2 rings (SSSR count). The molecule has 0 aliphatic carbocycles. The molecule has 1 atom stereocenters. The van der Waals surface area contributed by atoms with Gasteiger partial charge < -0.3 is 11.1 Å². The lowest BCUT2D eigenvalue weighted by molar-refractivity contribution is -0.117. The van der Waals surface area contributed by atoms with E-state index in [1.807, 2.05) is 37.3 Å². The number of nitrogens with one attached hydrogen (secondary N) is 1. The summed E-state index contributed by atoms with van der Waals surface area (Å²) in [5.74, 6) is -0.153. The van der Waals surface area contributed by atoms with Crippen LogP contribution in [0.2, 0.25) is 5.02 Å². The Morgan fingerprint density at radius 1 is 1.24 bits per heavy atom. The van der Waals surface area contributed by atoms with Crippen LogP contribution in [0.5, 0.6) is 0 Å². The zero-order chi connectivity index (χ0) is 15.2. The molecule has 0 saturated carbocycles. The standard InChI is InChI=1S/C17H17ClN2O/c1-12(14-3-2-4-15(18)11-14)20-17(21)10-7-13-5-8-16(19)9-6-13/h2-12H,19H2,1H3,(H,20,21)/b10-7+. The zero-order valence-corrected chi connectivity index (χ0v) is 12.5. The van der Waals surface area contributed by atoms with Crippen molar-refractivity contribution in [1.29, 1.82) is 0 Å². The van der Waals surface area contributed by atoms with E-state index in [0.717, 1.165) is 11.1 Å². The number of amides is 1. The first-order chi connectivity index (χ1) is 10.0. The molecule has 2 aromatic rings. The number of halogens is 1. The fraction of sp³-hybridized carbons (Fsp3) is 0.118. The van der Waals surface area contributed by atoms with Gasteiger partial charge in [0.15, 0.2) is 0 Å². The Morgan fingerprint density at radius 2 is 1.95 bits per heavy atom. The largest absolute Gasteiger partial charge is 0.399 e. The maximum absolute atomic E-state index is 11.9. The summed E-state index contributed by atoms with van der Waals surface area (Å²) in [4.78, 5) is 11.9. The fourth-order valence-electron chi connectivity index (χ4n) is 1.90. The molecule has 0 heterocycles. The molecule has 108 valence electrons. The van der Waals surface area contributed by atoms with E-state index in [1.54, 1.807) is 24.3 Å². The topological polar surface area (TPSA) is 55.1 Å². The number of nitrogens with two attached hydrogens (primary N) is 1. The predicted molar refractivity (Wildman–Crippen MR) is 87.9 cm³/mol. The maximum Gasteiger partial charge on any atom is 0.244 e. The Labute approximate surface area is 129 Å². The first-order valence-corrected chi connectivity index (χ1v) is 7.02. The summed E-state index contributed by atoms with van der Waals surface area (Å²) in [6.07, 6.45) is 3.26. The van der Waals surface area contributed by atoms with Crippen molar-refractivity contribution < 1.29 is 4.79 Å². The minimum atomic E-state index is -0.153. The van der Waals surface area contributed by atoms with E-state index in [4.69, 9.17) is 17.3 Å². The van der Waals surface area contributed by atoms with E-state index in [2.05, 4.69) is 5.32 Å². The van der Waals surface area contributed by atoms with Crippen molar-refractivity contribution in [2.24, 2.45) is 0 Å². The summed E-state index contributed by atoms with van der Waals surface area (Å²) in [7, 11) is 0. The molecule has 3 N–H and O–H groups in total. The quantitative estimate of drug-likeness (QED) is 0.666. The summed E-state index contributed by atoms with van der Waals surface area (Å²) < 4.78 is 0. The molecule has 1 unspecified atom stereocenters. The van der Waals surface area contributed by atoms with Crippen LogP contribution in [0.25, 0.3) is 6.08 Å². The lowest BCUT2D eigenvalue weighted by Gasteiger charge is -2.13. The van der Waals surface area contributed by atoms with E-state index >= 15 is 0 Å². The summed E-state index contributed by atoms with van der Waals surface area (Å²) in [5.41, 5.74) is 8.21. The first kappa shape index (κ1) is 15.1. The SMILES string of the molecule is CC(NC(=O)/C=C/c1ccc(N)cc1)c1cccc(Cl)c1. The number of carbonyl (C=O) groups excluding carboxylic acids is 1. The molecule has 4 heteroatoms. The lowest BCUT2D eigenvalue weighted by atomic mass is 10.1. The smallest absolute Gasteiger partial charge is 0.244 e. The highest BCUT2D eigenvalue weighted by Gasteiger charge is 2.07. The van der Waals surface area contributed by atoms with Crippen LogP contribution >= 0.6 is 11.6 Å². The zero-order valence-electron chi connectivity index (χ0n) is 11.7. The highest BCUT2D eigenvalue weighted by molar-refractivity contribution is 6.30. The van der Waals surface area contributed by atoms with Gasteiger partial charge in [-0.25, -0.2) is 0 Å². The Kier molecular flexibility index (Phi) is 5.01. The normalized spacial score (nSPS) is 12.3. The minimum Gasteiger partial charge on any atom is -0.399 e. The summed E-state index contributed by atoms with van der Waals surface area (Å²) in [6.45, 7) is 1.92. The van der Waals surface area contributed by atoms with Crippen LogP contribution in [0.4, 0.5) is 5.69 Å². The Balaban J connectivity index is 1.96. The third kappa shape index (κ3) is 4.65. The van der Waals surface area contributed by atoms with Crippen LogP contribution in [0, 0.1) is 0 Å². The van der Waals surface area contributed by atoms with Crippen molar-refractivity contribution in [1.82, 2.24) is 5.32 Å².